The fraction of sp³-hybridized carbons (Fsp3) is 0.333. The molecule has 1 aliphatic rings. The van der Waals surface area contributed by atoms with E-state index >= 15 is 0 Å². The maximum absolute atomic E-state index is 9.40. The molecule has 1 aliphatic heterocycles. The number of hydrogen-bond acceptors (Lipinski definition) is 2. The molecule has 0 bridgehead atoms. The lowest BCUT2D eigenvalue weighted by Gasteiger charge is -2.11. The van der Waals surface area contributed by atoms with Gasteiger partial charge in [-0.25, -0.2) is 0 Å². The first-order valence-electron chi connectivity index (χ1n) is 3.84. The van der Waals surface area contributed by atoms with Gasteiger partial charge in [0.15, 0.2) is 0 Å². The summed E-state index contributed by atoms with van der Waals surface area (Å²) in [5.41, 5.74) is 3.42. The van der Waals surface area contributed by atoms with Gasteiger partial charge in [0, 0.05) is 6.54 Å². The maximum Gasteiger partial charge on any atom is 0.0695 e. The van der Waals surface area contributed by atoms with Crippen molar-refractivity contribution in [1.29, 1.82) is 0 Å². The number of aryl methyl sites for hydroxylation is 1. The second-order valence-electron chi connectivity index (χ2n) is 2.96. The first-order chi connectivity index (χ1) is 5.29. The molecule has 2 rings (SSSR count). The van der Waals surface area contributed by atoms with Gasteiger partial charge in [0.1, 0.15) is 0 Å². The summed E-state index contributed by atoms with van der Waals surface area (Å²) in [7, 11) is 0. The van der Waals surface area contributed by atoms with Crippen LogP contribution >= 0.6 is 0 Å². The van der Waals surface area contributed by atoms with Gasteiger partial charge in [0.05, 0.1) is 5.69 Å². The lowest BCUT2D eigenvalue weighted by Crippen LogP contribution is -2.14. The Kier molecular flexibility index (Phi) is 1.36. The largest absolute Gasteiger partial charge is 0.288 e. The predicted octanol–water partition coefficient (Wildman–Crippen LogP) is 1.75. The molecule has 11 heavy (non-hydrogen) atoms. The van der Waals surface area contributed by atoms with Crippen molar-refractivity contribution < 1.29 is 5.21 Å². The molecule has 0 radical (unpaired) electrons. The van der Waals surface area contributed by atoms with E-state index in [9.17, 15) is 5.21 Å². The molecule has 1 aromatic carbocycles. The van der Waals surface area contributed by atoms with E-state index in [0.717, 1.165) is 24.2 Å². The Morgan fingerprint density at radius 2 is 2.27 bits per heavy atom. The Labute approximate surface area is 66.0 Å². The van der Waals surface area contributed by atoms with Crippen LogP contribution in [0.15, 0.2) is 18.2 Å². The number of anilines is 1. The Morgan fingerprint density at radius 1 is 1.45 bits per heavy atom. The van der Waals surface area contributed by atoms with Gasteiger partial charge in [0.2, 0.25) is 0 Å². The monoisotopic (exact) mass is 149 g/mol. The molecule has 1 heterocycles. The van der Waals surface area contributed by atoms with Crippen molar-refractivity contribution in [2.24, 2.45) is 0 Å². The minimum atomic E-state index is 0.736. The molecule has 0 unspecified atom stereocenters. The van der Waals surface area contributed by atoms with Gasteiger partial charge in [-0.3, -0.25) is 10.3 Å². The minimum Gasteiger partial charge on any atom is -0.288 e. The van der Waals surface area contributed by atoms with Gasteiger partial charge in [0.25, 0.3) is 0 Å². The molecule has 0 atom stereocenters. The zero-order valence-electron chi connectivity index (χ0n) is 6.54. The van der Waals surface area contributed by atoms with Gasteiger partial charge in [-0.2, -0.15) is 0 Å². The molecular weight excluding hydrogens is 138 g/mol. The fourth-order valence-corrected chi connectivity index (χ4v) is 1.63. The molecule has 0 aliphatic carbocycles. The summed E-state index contributed by atoms with van der Waals surface area (Å²) >= 11 is 0. The SMILES string of the molecule is Cc1cccc2c1N(O)CC2. The van der Waals surface area contributed by atoms with Crippen LogP contribution in [0.1, 0.15) is 11.1 Å². The van der Waals surface area contributed by atoms with Gasteiger partial charge in [-0.05, 0) is 24.5 Å². The number of hydrogen-bond donors (Lipinski definition) is 1. The molecule has 0 saturated carbocycles. The molecule has 1 N–H and O–H groups in total. The molecule has 0 amide bonds. The van der Waals surface area contributed by atoms with Gasteiger partial charge >= 0.3 is 0 Å². The number of fused-ring (bicyclic) bond motifs is 1. The van der Waals surface area contributed by atoms with Crippen LogP contribution in [0.3, 0.4) is 0 Å². The van der Waals surface area contributed by atoms with Crippen LogP contribution in [0.5, 0.6) is 0 Å². The van der Waals surface area contributed by atoms with Gasteiger partial charge in [-0.15, -0.1) is 0 Å². The standard InChI is InChI=1S/C9H11NO/c1-7-3-2-4-8-5-6-10(11)9(7)8/h2-4,11H,5-6H2,1H3. The topological polar surface area (TPSA) is 23.5 Å². The molecule has 0 aromatic heterocycles. The van der Waals surface area contributed by atoms with Crippen LogP contribution < -0.4 is 5.06 Å². The summed E-state index contributed by atoms with van der Waals surface area (Å²) in [5, 5.41) is 10.7. The number of hydroxylamine groups is 1. The van der Waals surface area contributed by atoms with Crippen molar-refractivity contribution in [3.63, 3.8) is 0 Å². The quantitative estimate of drug-likeness (QED) is 0.607. The van der Waals surface area contributed by atoms with Crippen LogP contribution in [-0.4, -0.2) is 11.8 Å². The van der Waals surface area contributed by atoms with E-state index in [1.807, 2.05) is 19.1 Å². The van der Waals surface area contributed by atoms with E-state index in [1.165, 1.54) is 10.6 Å². The highest BCUT2D eigenvalue weighted by Crippen LogP contribution is 2.29. The second-order valence-corrected chi connectivity index (χ2v) is 2.96. The van der Waals surface area contributed by atoms with Crippen molar-refractivity contribution in [2.75, 3.05) is 11.6 Å². The normalized spacial score (nSPS) is 15.3. The van der Waals surface area contributed by atoms with E-state index in [2.05, 4.69) is 6.07 Å². The molecule has 0 spiro atoms. The third-order valence-electron chi connectivity index (χ3n) is 2.17. The summed E-state index contributed by atoms with van der Waals surface area (Å²) < 4.78 is 0. The third kappa shape index (κ3) is 0.906. The maximum atomic E-state index is 9.40. The highest BCUT2D eigenvalue weighted by molar-refractivity contribution is 5.60. The molecule has 58 valence electrons. The van der Waals surface area contributed by atoms with Crippen LogP contribution in [0, 0.1) is 6.92 Å². The number of nitrogens with zero attached hydrogens (tertiary/aromatic N) is 1. The van der Waals surface area contributed by atoms with Crippen LogP contribution in [-0.2, 0) is 6.42 Å². The predicted molar refractivity (Wildman–Crippen MR) is 44.0 cm³/mol. The average molecular weight is 149 g/mol. The molecule has 2 heteroatoms. The molecule has 0 saturated heterocycles. The van der Waals surface area contributed by atoms with E-state index < -0.39 is 0 Å². The molecular formula is C9H11NO. The zero-order chi connectivity index (χ0) is 7.84. The Morgan fingerprint density at radius 3 is 3.00 bits per heavy atom. The second kappa shape index (κ2) is 2.24. The summed E-state index contributed by atoms with van der Waals surface area (Å²) in [6.45, 7) is 2.76. The number of para-hydroxylation sites is 1. The zero-order valence-corrected chi connectivity index (χ0v) is 6.54. The highest BCUT2D eigenvalue weighted by Gasteiger charge is 2.18. The highest BCUT2D eigenvalue weighted by atomic mass is 16.5. The van der Waals surface area contributed by atoms with Crippen molar-refractivity contribution >= 4 is 5.69 Å². The molecule has 0 fully saturated rings. The van der Waals surface area contributed by atoms with Crippen LogP contribution in [0.2, 0.25) is 0 Å². The van der Waals surface area contributed by atoms with E-state index in [4.69, 9.17) is 0 Å². The van der Waals surface area contributed by atoms with E-state index in [1.54, 1.807) is 0 Å². The molecule has 2 nitrogen and oxygen atoms in total. The lowest BCUT2D eigenvalue weighted by atomic mass is 10.1. The summed E-state index contributed by atoms with van der Waals surface area (Å²) in [6, 6.07) is 6.12. The first kappa shape index (κ1) is 6.68. The summed E-state index contributed by atoms with van der Waals surface area (Å²) in [6.07, 6.45) is 0.966. The third-order valence-corrected chi connectivity index (χ3v) is 2.17. The average Bonchev–Trinajstić information content (AvgIpc) is 2.34. The molecule has 1 aromatic rings. The van der Waals surface area contributed by atoms with Crippen LogP contribution in [0.25, 0.3) is 0 Å². The fourth-order valence-electron chi connectivity index (χ4n) is 1.63. The Bertz CT molecular complexity index is 283. The van der Waals surface area contributed by atoms with E-state index in [-0.39, 0.29) is 0 Å². The number of benzene rings is 1. The van der Waals surface area contributed by atoms with Crippen molar-refractivity contribution in [3.8, 4) is 0 Å². The Balaban J connectivity index is 2.58. The van der Waals surface area contributed by atoms with Gasteiger partial charge < -0.3 is 0 Å². The lowest BCUT2D eigenvalue weighted by molar-refractivity contribution is 0.264. The van der Waals surface area contributed by atoms with Crippen molar-refractivity contribution in [2.45, 2.75) is 13.3 Å². The Hall–Kier alpha value is -1.02. The summed E-state index contributed by atoms with van der Waals surface area (Å²) in [4.78, 5) is 0. The smallest absolute Gasteiger partial charge is 0.0695 e. The van der Waals surface area contributed by atoms with Gasteiger partial charge in [-0.1, -0.05) is 18.2 Å². The van der Waals surface area contributed by atoms with E-state index in [0.29, 0.717) is 0 Å². The number of rotatable bonds is 0. The van der Waals surface area contributed by atoms with Crippen LogP contribution in [0.4, 0.5) is 5.69 Å². The summed E-state index contributed by atoms with van der Waals surface area (Å²) in [5.74, 6) is 0. The minimum absolute atomic E-state index is 0.736. The van der Waals surface area contributed by atoms with Crippen molar-refractivity contribution in [3.05, 3.63) is 29.3 Å². The first-order valence-corrected chi connectivity index (χ1v) is 3.84. The van der Waals surface area contributed by atoms with Crippen molar-refractivity contribution in [1.82, 2.24) is 0 Å².